The minimum absolute atomic E-state index is 0.266. The van der Waals surface area contributed by atoms with E-state index in [0.29, 0.717) is 0 Å². The zero-order valence-corrected chi connectivity index (χ0v) is 16.0. The van der Waals surface area contributed by atoms with E-state index in [-0.39, 0.29) is 6.04 Å². The molecule has 0 saturated heterocycles. The lowest BCUT2D eigenvalue weighted by atomic mass is 10.00. The fraction of sp³-hybridized carbons (Fsp3) is 0.375. The largest absolute Gasteiger partial charge is 0.306 e. The van der Waals surface area contributed by atoms with E-state index in [2.05, 4.69) is 82.2 Å². The van der Waals surface area contributed by atoms with E-state index in [9.17, 15) is 0 Å². The normalized spacial score (nSPS) is 12.7. The summed E-state index contributed by atoms with van der Waals surface area (Å²) < 4.78 is 2.37. The lowest BCUT2D eigenvalue weighted by molar-refractivity contribution is 0.603. The van der Waals surface area contributed by atoms with Gasteiger partial charge in [0.05, 0.1) is 6.04 Å². The van der Waals surface area contributed by atoms with Gasteiger partial charge in [-0.15, -0.1) is 11.3 Å². The zero-order valence-electron chi connectivity index (χ0n) is 12.0. The molecule has 4 heteroatoms. The first-order valence-corrected chi connectivity index (χ1v) is 9.19. The maximum Gasteiger partial charge on any atom is 0.0674 e. The molecule has 0 bridgehead atoms. The van der Waals surface area contributed by atoms with Crippen LogP contribution in [0, 0.1) is 13.8 Å². The molecule has 0 saturated carbocycles. The van der Waals surface area contributed by atoms with Crippen LogP contribution in [0.5, 0.6) is 0 Å². The molecular formula is C16H19Br2NS. The van der Waals surface area contributed by atoms with E-state index >= 15 is 0 Å². The quantitative estimate of drug-likeness (QED) is 0.632. The molecule has 1 N–H and O–H groups in total. The van der Waals surface area contributed by atoms with Crippen LogP contribution in [-0.2, 0) is 0 Å². The van der Waals surface area contributed by atoms with Crippen LogP contribution in [0.1, 0.15) is 40.3 Å². The second-order valence-corrected chi connectivity index (χ2v) is 7.89. The molecule has 2 rings (SSSR count). The lowest BCUT2D eigenvalue weighted by Crippen LogP contribution is -2.23. The summed E-state index contributed by atoms with van der Waals surface area (Å²) in [6.45, 7) is 7.55. The molecule has 1 aromatic heterocycles. The topological polar surface area (TPSA) is 12.0 Å². The number of nitrogens with one attached hydrogen (secondary N) is 1. The maximum atomic E-state index is 3.68. The van der Waals surface area contributed by atoms with Crippen molar-refractivity contribution in [1.82, 2.24) is 5.32 Å². The van der Waals surface area contributed by atoms with Crippen molar-refractivity contribution in [2.24, 2.45) is 0 Å². The summed E-state index contributed by atoms with van der Waals surface area (Å²) in [5.74, 6) is 0. The van der Waals surface area contributed by atoms with Gasteiger partial charge in [-0.2, -0.15) is 0 Å². The second-order valence-electron chi connectivity index (χ2n) is 4.89. The van der Waals surface area contributed by atoms with Gasteiger partial charge < -0.3 is 5.32 Å². The van der Waals surface area contributed by atoms with E-state index in [1.54, 1.807) is 0 Å². The highest BCUT2D eigenvalue weighted by atomic mass is 79.9. The molecule has 0 aliphatic rings. The predicted molar refractivity (Wildman–Crippen MR) is 95.8 cm³/mol. The fourth-order valence-electron chi connectivity index (χ4n) is 2.21. The number of aryl methyl sites for hydroxylation is 1. The molecule has 1 heterocycles. The molecular weight excluding hydrogens is 398 g/mol. The first kappa shape index (κ1) is 16.2. The fourth-order valence-corrected chi connectivity index (χ4v) is 4.25. The maximum absolute atomic E-state index is 3.68. The Balaban J connectivity index is 2.44. The third-order valence-electron chi connectivity index (χ3n) is 3.38. The Labute approximate surface area is 142 Å². The molecule has 1 nitrogen and oxygen atoms in total. The Hall–Kier alpha value is -0.160. The number of rotatable bonds is 5. The minimum atomic E-state index is 0.266. The summed E-state index contributed by atoms with van der Waals surface area (Å²) in [4.78, 5) is 2.69. The molecule has 0 amide bonds. The number of halogens is 2. The smallest absolute Gasteiger partial charge is 0.0674 e. The highest BCUT2D eigenvalue weighted by Crippen LogP contribution is 2.36. The monoisotopic (exact) mass is 415 g/mol. The van der Waals surface area contributed by atoms with Crippen molar-refractivity contribution in [3.05, 3.63) is 54.1 Å². The van der Waals surface area contributed by atoms with Crippen molar-refractivity contribution in [2.75, 3.05) is 6.54 Å². The summed E-state index contributed by atoms with van der Waals surface area (Å²) in [5, 5.41) is 3.68. The first-order chi connectivity index (χ1) is 9.54. The molecule has 1 unspecified atom stereocenters. The van der Waals surface area contributed by atoms with Crippen LogP contribution < -0.4 is 5.32 Å². The van der Waals surface area contributed by atoms with Gasteiger partial charge in [0.1, 0.15) is 0 Å². The molecule has 108 valence electrons. The minimum Gasteiger partial charge on any atom is -0.306 e. The highest BCUT2D eigenvalue weighted by Gasteiger charge is 2.19. The van der Waals surface area contributed by atoms with Crippen LogP contribution in [0.4, 0.5) is 0 Å². The molecule has 0 aliphatic carbocycles. The van der Waals surface area contributed by atoms with Crippen LogP contribution >= 0.6 is 43.2 Å². The number of thiophene rings is 1. The molecule has 0 aliphatic heterocycles. The van der Waals surface area contributed by atoms with Gasteiger partial charge in [-0.05, 0) is 66.0 Å². The SMILES string of the molecule is CCCNC(c1cc(Br)c(C)s1)c1cccc(Br)c1C. The van der Waals surface area contributed by atoms with Crippen molar-refractivity contribution in [1.29, 1.82) is 0 Å². The molecule has 1 atom stereocenters. The van der Waals surface area contributed by atoms with Gasteiger partial charge in [0.2, 0.25) is 0 Å². The average molecular weight is 417 g/mol. The molecule has 1 aromatic carbocycles. The van der Waals surface area contributed by atoms with Crippen molar-refractivity contribution in [3.63, 3.8) is 0 Å². The van der Waals surface area contributed by atoms with Crippen molar-refractivity contribution in [3.8, 4) is 0 Å². The van der Waals surface area contributed by atoms with E-state index in [1.165, 1.54) is 29.8 Å². The standard InChI is InChI=1S/C16H19Br2NS/c1-4-8-19-16(15-9-14(18)11(3)20-15)12-6-5-7-13(17)10(12)2/h5-7,9,16,19H,4,8H2,1-3H3. The Kier molecular flexibility index (Phi) is 5.84. The Morgan fingerprint density at radius 3 is 2.55 bits per heavy atom. The van der Waals surface area contributed by atoms with E-state index in [0.717, 1.165) is 13.0 Å². The van der Waals surface area contributed by atoms with Crippen LogP contribution in [0.15, 0.2) is 33.2 Å². The Morgan fingerprint density at radius 2 is 1.95 bits per heavy atom. The van der Waals surface area contributed by atoms with Crippen molar-refractivity contribution >= 4 is 43.2 Å². The third kappa shape index (κ3) is 3.53. The number of benzene rings is 1. The van der Waals surface area contributed by atoms with Gasteiger partial charge in [-0.25, -0.2) is 0 Å². The van der Waals surface area contributed by atoms with Crippen LogP contribution in [0.2, 0.25) is 0 Å². The van der Waals surface area contributed by atoms with Gasteiger partial charge in [-0.1, -0.05) is 35.0 Å². The third-order valence-corrected chi connectivity index (χ3v) is 6.44. The summed E-state index contributed by atoms with van der Waals surface area (Å²) in [7, 11) is 0. The summed E-state index contributed by atoms with van der Waals surface area (Å²) in [5.41, 5.74) is 2.66. The lowest BCUT2D eigenvalue weighted by Gasteiger charge is -2.20. The van der Waals surface area contributed by atoms with Gasteiger partial charge in [-0.3, -0.25) is 0 Å². The summed E-state index contributed by atoms with van der Waals surface area (Å²) >= 11 is 9.13. The predicted octanol–water partition coefficient (Wildman–Crippen LogP) is 5.98. The van der Waals surface area contributed by atoms with Crippen LogP contribution in [-0.4, -0.2) is 6.54 Å². The number of hydrogen-bond acceptors (Lipinski definition) is 2. The molecule has 0 fully saturated rings. The molecule has 0 radical (unpaired) electrons. The summed E-state index contributed by atoms with van der Waals surface area (Å²) in [6, 6.07) is 8.94. The van der Waals surface area contributed by atoms with Crippen molar-refractivity contribution < 1.29 is 0 Å². The summed E-state index contributed by atoms with van der Waals surface area (Å²) in [6.07, 6.45) is 1.13. The molecule has 0 spiro atoms. The molecule has 20 heavy (non-hydrogen) atoms. The Bertz CT molecular complexity index is 573. The van der Waals surface area contributed by atoms with E-state index in [4.69, 9.17) is 0 Å². The number of hydrogen-bond donors (Lipinski definition) is 1. The van der Waals surface area contributed by atoms with E-state index in [1.807, 2.05) is 11.3 Å². The van der Waals surface area contributed by atoms with Gasteiger partial charge in [0, 0.05) is 18.7 Å². The Morgan fingerprint density at radius 1 is 1.20 bits per heavy atom. The first-order valence-electron chi connectivity index (χ1n) is 6.78. The van der Waals surface area contributed by atoms with Crippen LogP contribution in [0.3, 0.4) is 0 Å². The van der Waals surface area contributed by atoms with Gasteiger partial charge in [0.15, 0.2) is 0 Å². The van der Waals surface area contributed by atoms with Gasteiger partial charge >= 0.3 is 0 Å². The van der Waals surface area contributed by atoms with Crippen LogP contribution in [0.25, 0.3) is 0 Å². The molecule has 2 aromatic rings. The average Bonchev–Trinajstić information content (AvgIpc) is 2.74. The highest BCUT2D eigenvalue weighted by molar-refractivity contribution is 9.10. The van der Waals surface area contributed by atoms with Gasteiger partial charge in [0.25, 0.3) is 0 Å². The van der Waals surface area contributed by atoms with E-state index < -0.39 is 0 Å². The second kappa shape index (κ2) is 7.21. The zero-order chi connectivity index (χ0) is 14.7. The van der Waals surface area contributed by atoms with Crippen molar-refractivity contribution in [2.45, 2.75) is 33.2 Å².